The Hall–Kier alpha value is -10.4. The van der Waals surface area contributed by atoms with Crippen LogP contribution in [0.4, 0.5) is 20.2 Å². The number of hydrogen-bond donors (Lipinski definition) is 2. The highest BCUT2D eigenvalue weighted by Gasteiger charge is 2.23. The number of aliphatic hydroxyl groups is 1. The molecule has 0 spiro atoms. The molecule has 0 saturated heterocycles. The first-order chi connectivity index (χ1) is 60.9. The average molecular weight is 1800 g/mol. The van der Waals surface area contributed by atoms with E-state index in [1.807, 2.05) is 135 Å². The first-order valence-electron chi connectivity index (χ1n) is 45.6. The van der Waals surface area contributed by atoms with E-state index < -0.39 is 11.6 Å². The average Bonchev–Trinajstić information content (AvgIpc) is 1.08. The number of benzene rings is 10. The minimum atomic E-state index is -0.458. The number of nitrogens with two attached hydrogens (primary N) is 1. The van der Waals surface area contributed by atoms with Gasteiger partial charge in [0.1, 0.15) is 11.6 Å². The molecule has 0 radical (unpaired) electrons. The van der Waals surface area contributed by atoms with Crippen molar-refractivity contribution in [3.8, 4) is 0 Å². The van der Waals surface area contributed by atoms with Crippen LogP contribution in [0.3, 0.4) is 0 Å². The summed E-state index contributed by atoms with van der Waals surface area (Å²) in [5.41, 5.74) is 29.3. The quantitative estimate of drug-likeness (QED) is 0.0999. The molecule has 0 aliphatic heterocycles. The number of aryl methyl sites for hydroxylation is 4. The van der Waals surface area contributed by atoms with Gasteiger partial charge in [-0.3, -0.25) is 14.8 Å². The summed E-state index contributed by atoms with van der Waals surface area (Å²) < 4.78 is 25.7. The third kappa shape index (κ3) is 45.2. The Labute approximate surface area is 793 Å². The lowest BCUT2D eigenvalue weighted by atomic mass is 9.96. The molecule has 0 unspecified atom stereocenters. The monoisotopic (exact) mass is 1800 g/mol. The summed E-state index contributed by atoms with van der Waals surface area (Å²) in [4.78, 5) is 25.9. The molecule has 13 rings (SSSR count). The molecule has 3 N–H and O–H groups in total. The van der Waals surface area contributed by atoms with Crippen molar-refractivity contribution in [1.82, 2.24) is 9.97 Å². The summed E-state index contributed by atoms with van der Waals surface area (Å²) in [6.45, 7) is 73.2. The number of carbonyl (C=O) groups is 1. The van der Waals surface area contributed by atoms with E-state index in [1.165, 1.54) is 103 Å². The van der Waals surface area contributed by atoms with E-state index in [-0.39, 0.29) is 24.0 Å². The van der Waals surface area contributed by atoms with Crippen LogP contribution in [0, 0.1) is 52.5 Å². The van der Waals surface area contributed by atoms with Crippen molar-refractivity contribution in [2.24, 2.45) is 5.73 Å². The minimum Gasteiger partial charge on any atom is -0.392 e. The standard InChI is InChI=1S/C12H16.C11H15NO.C11H13N.C10H11N.C10H14O.C10H14.C9H10Cl2.C9H11Cl.C9H10F2.C9H13N.C9H12.C8H11N/c1-9(2)11-4-3-5-12(8-11)10-6-7-10;1-7(2)10-6-9(11(12)13)5-4-8(10)3;1-8(2)11-7-10(12-4)6-5-9(11)3;1-8(2)9-5-4-6-10(7-9)11-3;1-8(2)10-5-3-4-9(6-10)7-11;1-8(2)10-6-4-5-9(3)7-10;1-6(2)7-4-3-5-8(10)9(7)11;1-7(2)8-5-3-4-6-9(8)10;1-6(2)9-7(10)4-3-5-8(9)11;1-7(2)9-5-4-6-10-8(9)3;1-8(2)9-6-4-3-5-7-9;1-7(2)8-4-3-5-9-6-8/h3-5,8-10H,6-7H2,1-2H3;4-7H,1-3H3,(H2,12,13);5-8H,1-3H3;4-8H,1-2H3;3-6,8,11H,7H2,1-2H3;4-8H,1-3H3;3-6H,1-2H3;3-7H,1-2H3;3-6H,1-2H3;4-7H,1-3H3;3-8H,1-2H3;3-7H,1-2H3. The summed E-state index contributed by atoms with van der Waals surface area (Å²) in [6.07, 6.45) is 8.35. The molecule has 12 heteroatoms. The second kappa shape index (κ2) is 62.0. The number of hydrogen-bond acceptors (Lipinski definition) is 4. The van der Waals surface area contributed by atoms with Crippen molar-refractivity contribution in [2.75, 3.05) is 0 Å². The lowest BCUT2D eigenvalue weighted by molar-refractivity contribution is 0.1000. The van der Waals surface area contributed by atoms with Crippen LogP contribution in [0.1, 0.15) is 367 Å². The SMILES string of the molecule is CC(C)c1c(F)cccc1F.CC(C)c1cccc(C2CC2)c1.CC(C)c1cccc(CO)c1.CC(C)c1cccc(Cl)c1Cl.CC(C)c1ccccc1.CC(C)c1ccccc1Cl.CC(C)c1cccnc1.Cc1ccc(C(N)=O)cc1C(C)C.Cc1cccc(C(C)C)c1.Cc1ncccc1C(C)C.[C-]#[N+]c1ccc(C)c(C(C)C)c1.[C-]#[N+]c1cccc(C(C)C)c1. The molecule has 10 aromatic carbocycles. The summed E-state index contributed by atoms with van der Waals surface area (Å²) in [5, 5.41) is 11.0. The molecule has 1 amide bonds. The van der Waals surface area contributed by atoms with Crippen molar-refractivity contribution in [2.45, 2.75) is 290 Å². The first-order valence-corrected chi connectivity index (χ1v) is 46.7. The third-order valence-corrected chi connectivity index (χ3v) is 22.4. The van der Waals surface area contributed by atoms with E-state index >= 15 is 0 Å². The molecule has 12 aromatic rings. The molecular weight excluding hydrogens is 1650 g/mol. The molecule has 0 bridgehead atoms. The number of amides is 1. The number of rotatable bonds is 15. The van der Waals surface area contributed by atoms with Gasteiger partial charge in [-0.15, -0.1) is 0 Å². The van der Waals surface area contributed by atoms with Gasteiger partial charge in [0, 0.05) is 40.4 Å². The molecular formula is C117H150Cl3F2N5O2. The number of primary amides is 1. The second-order valence-electron chi connectivity index (χ2n) is 36.1. The first kappa shape index (κ1) is 115. The van der Waals surface area contributed by atoms with E-state index in [0.29, 0.717) is 80.7 Å². The van der Waals surface area contributed by atoms with E-state index in [0.717, 1.165) is 39.1 Å². The molecule has 129 heavy (non-hydrogen) atoms. The predicted octanol–water partition coefficient (Wildman–Crippen LogP) is 36.6. The van der Waals surface area contributed by atoms with Gasteiger partial charge < -0.3 is 10.8 Å². The molecule has 2 heterocycles. The van der Waals surface area contributed by atoms with Crippen LogP contribution in [0.5, 0.6) is 0 Å². The topological polar surface area (TPSA) is 97.8 Å². The Morgan fingerprint density at radius 3 is 1.21 bits per heavy atom. The molecule has 1 aliphatic rings. The summed E-state index contributed by atoms with van der Waals surface area (Å²) in [6, 6.07) is 81.3. The summed E-state index contributed by atoms with van der Waals surface area (Å²) in [5.74, 6) is 5.63. The highest BCUT2D eigenvalue weighted by molar-refractivity contribution is 6.42. The smallest absolute Gasteiger partial charge is 0.248 e. The largest absolute Gasteiger partial charge is 0.392 e. The van der Waals surface area contributed by atoms with Crippen LogP contribution in [0.15, 0.2) is 267 Å². The Balaban J connectivity index is 0.000000477. The van der Waals surface area contributed by atoms with Crippen LogP contribution in [0.25, 0.3) is 9.69 Å². The zero-order valence-electron chi connectivity index (χ0n) is 82.6. The van der Waals surface area contributed by atoms with E-state index in [4.69, 9.17) is 58.8 Å². The molecule has 1 aliphatic carbocycles. The van der Waals surface area contributed by atoms with Gasteiger partial charge in [0.2, 0.25) is 5.91 Å². The maximum absolute atomic E-state index is 12.9. The Morgan fingerprint density at radius 1 is 0.388 bits per heavy atom. The van der Waals surface area contributed by atoms with Crippen molar-refractivity contribution in [3.05, 3.63) is 423 Å². The van der Waals surface area contributed by atoms with Crippen LogP contribution in [-0.4, -0.2) is 21.0 Å². The number of aromatic nitrogens is 2. The van der Waals surface area contributed by atoms with Gasteiger partial charge in [-0.05, 0) is 233 Å². The van der Waals surface area contributed by atoms with E-state index in [2.05, 4.69) is 296 Å². The summed E-state index contributed by atoms with van der Waals surface area (Å²) >= 11 is 17.7. The predicted molar refractivity (Wildman–Crippen MR) is 555 cm³/mol. The van der Waals surface area contributed by atoms with Gasteiger partial charge in [-0.25, -0.2) is 18.5 Å². The maximum atomic E-state index is 12.9. The number of pyridine rings is 2. The minimum absolute atomic E-state index is 0.101. The number of nitrogens with zero attached hydrogens (tertiary/aromatic N) is 4. The van der Waals surface area contributed by atoms with Crippen LogP contribution >= 0.6 is 34.8 Å². The molecule has 690 valence electrons. The Bertz CT molecular complexity index is 5140. The van der Waals surface area contributed by atoms with Gasteiger partial charge >= 0.3 is 0 Å². The van der Waals surface area contributed by atoms with Gasteiger partial charge in [0.25, 0.3) is 0 Å². The number of aliphatic hydroxyl groups excluding tert-OH is 1. The van der Waals surface area contributed by atoms with Crippen LogP contribution in [0.2, 0.25) is 15.1 Å². The molecule has 7 nitrogen and oxygen atoms in total. The Kier molecular flexibility index (Phi) is 55.1. The number of halogens is 5. The van der Waals surface area contributed by atoms with Gasteiger partial charge in [-0.2, -0.15) is 0 Å². The maximum Gasteiger partial charge on any atom is 0.248 e. The van der Waals surface area contributed by atoms with E-state index in [1.54, 1.807) is 37.7 Å². The summed E-state index contributed by atoms with van der Waals surface area (Å²) in [7, 11) is 0. The van der Waals surface area contributed by atoms with Gasteiger partial charge in [0.05, 0.1) is 29.8 Å². The number of carbonyl (C=O) groups excluding carboxylic acids is 1. The zero-order chi connectivity index (χ0) is 97.2. The van der Waals surface area contributed by atoms with Crippen LogP contribution in [-0.2, 0) is 6.61 Å². The van der Waals surface area contributed by atoms with Gasteiger partial charge in [-0.1, -0.05) is 423 Å². The van der Waals surface area contributed by atoms with Crippen LogP contribution < -0.4 is 5.73 Å². The van der Waals surface area contributed by atoms with Crippen molar-refractivity contribution >= 4 is 52.1 Å². The molecule has 1 fully saturated rings. The zero-order valence-corrected chi connectivity index (χ0v) is 84.9. The fourth-order valence-electron chi connectivity index (χ4n) is 13.0. The molecule has 0 atom stereocenters. The van der Waals surface area contributed by atoms with Gasteiger partial charge in [0.15, 0.2) is 11.4 Å². The normalized spacial score (nSPS) is 10.9. The Morgan fingerprint density at radius 2 is 0.798 bits per heavy atom. The second-order valence-corrected chi connectivity index (χ2v) is 37.3. The third-order valence-electron chi connectivity index (χ3n) is 21.2. The highest BCUT2D eigenvalue weighted by atomic mass is 35.5. The lowest BCUT2D eigenvalue weighted by Gasteiger charge is -2.10. The van der Waals surface area contributed by atoms with Crippen molar-refractivity contribution < 1.29 is 18.7 Å². The van der Waals surface area contributed by atoms with Crippen molar-refractivity contribution in [3.63, 3.8) is 0 Å². The molecule has 1 saturated carbocycles. The van der Waals surface area contributed by atoms with E-state index in [9.17, 15) is 13.6 Å². The van der Waals surface area contributed by atoms with Crippen molar-refractivity contribution in [1.29, 1.82) is 0 Å². The lowest BCUT2D eigenvalue weighted by Crippen LogP contribution is -2.11. The molecule has 2 aromatic heterocycles. The fourth-order valence-corrected chi connectivity index (χ4v) is 13.9. The highest BCUT2D eigenvalue weighted by Crippen LogP contribution is 2.41. The fraction of sp³-hybridized carbons (Fsp3) is 0.376.